The third kappa shape index (κ3) is 4.13. The molecule has 0 fully saturated rings. The molecule has 0 aromatic heterocycles. The summed E-state index contributed by atoms with van der Waals surface area (Å²) in [7, 11) is 1.61. The number of para-hydroxylation sites is 2. The fraction of sp³-hybridized carbons (Fsp3) is 0.211. The van der Waals surface area contributed by atoms with Gasteiger partial charge in [-0.2, -0.15) is 0 Å². The molecule has 120 valence electrons. The SMILES string of the molecule is C=CCc1cc(C(=O)Nc2ccccc2OCC)ccc1OC. The maximum absolute atomic E-state index is 12.5. The standard InChI is InChI=1S/C19H21NO3/c1-4-8-14-13-15(11-12-17(14)22-3)19(21)20-16-9-6-7-10-18(16)23-5-2/h4,6-7,9-13H,1,5,8H2,2-3H3,(H,20,21). The van der Waals surface area contributed by atoms with E-state index >= 15 is 0 Å². The second kappa shape index (κ2) is 8.03. The van der Waals surface area contributed by atoms with Gasteiger partial charge in [-0.1, -0.05) is 18.2 Å². The Morgan fingerprint density at radius 2 is 2.00 bits per heavy atom. The van der Waals surface area contributed by atoms with E-state index < -0.39 is 0 Å². The van der Waals surface area contributed by atoms with Crippen molar-refractivity contribution in [2.45, 2.75) is 13.3 Å². The van der Waals surface area contributed by atoms with Crippen LogP contribution in [0, 0.1) is 0 Å². The molecule has 0 saturated heterocycles. The van der Waals surface area contributed by atoms with Gasteiger partial charge in [-0.25, -0.2) is 0 Å². The first kappa shape index (κ1) is 16.6. The number of anilines is 1. The third-order valence-corrected chi connectivity index (χ3v) is 3.34. The van der Waals surface area contributed by atoms with Gasteiger partial charge in [-0.15, -0.1) is 6.58 Å². The molecule has 0 radical (unpaired) electrons. The summed E-state index contributed by atoms with van der Waals surface area (Å²) in [4.78, 5) is 12.5. The van der Waals surface area contributed by atoms with Crippen molar-refractivity contribution in [2.24, 2.45) is 0 Å². The number of hydrogen-bond acceptors (Lipinski definition) is 3. The Bertz CT molecular complexity index is 695. The van der Waals surface area contributed by atoms with Crippen LogP contribution in [0.25, 0.3) is 0 Å². The molecule has 2 aromatic carbocycles. The predicted molar refractivity (Wildman–Crippen MR) is 92.5 cm³/mol. The van der Waals surface area contributed by atoms with Crippen LogP contribution >= 0.6 is 0 Å². The summed E-state index contributed by atoms with van der Waals surface area (Å²) in [6.07, 6.45) is 2.42. The number of amides is 1. The van der Waals surface area contributed by atoms with Crippen LogP contribution in [0.2, 0.25) is 0 Å². The van der Waals surface area contributed by atoms with E-state index in [0.29, 0.717) is 30.0 Å². The molecule has 2 aromatic rings. The van der Waals surface area contributed by atoms with Gasteiger partial charge in [0.25, 0.3) is 5.91 Å². The molecule has 0 heterocycles. The fourth-order valence-corrected chi connectivity index (χ4v) is 2.28. The molecule has 0 aliphatic carbocycles. The Morgan fingerprint density at radius 3 is 2.70 bits per heavy atom. The number of benzene rings is 2. The first-order valence-electron chi connectivity index (χ1n) is 7.50. The molecule has 0 bridgehead atoms. The van der Waals surface area contributed by atoms with E-state index in [4.69, 9.17) is 9.47 Å². The van der Waals surface area contributed by atoms with Crippen LogP contribution in [0.1, 0.15) is 22.8 Å². The van der Waals surface area contributed by atoms with E-state index in [9.17, 15) is 4.79 Å². The Kier molecular flexibility index (Phi) is 5.80. The van der Waals surface area contributed by atoms with E-state index in [-0.39, 0.29) is 5.91 Å². The van der Waals surface area contributed by atoms with E-state index in [2.05, 4.69) is 11.9 Å². The van der Waals surface area contributed by atoms with Crippen molar-refractivity contribution >= 4 is 11.6 Å². The first-order chi connectivity index (χ1) is 11.2. The molecule has 0 atom stereocenters. The van der Waals surface area contributed by atoms with Crippen LogP contribution in [0.5, 0.6) is 11.5 Å². The number of nitrogens with one attached hydrogen (secondary N) is 1. The summed E-state index contributed by atoms with van der Waals surface area (Å²) in [6.45, 7) is 6.18. The smallest absolute Gasteiger partial charge is 0.255 e. The van der Waals surface area contributed by atoms with Crippen LogP contribution in [0.15, 0.2) is 55.1 Å². The van der Waals surface area contributed by atoms with Crippen molar-refractivity contribution in [1.29, 1.82) is 0 Å². The molecule has 4 nitrogen and oxygen atoms in total. The van der Waals surface area contributed by atoms with Gasteiger partial charge in [-0.3, -0.25) is 4.79 Å². The maximum atomic E-state index is 12.5. The molecule has 0 spiro atoms. The van der Waals surface area contributed by atoms with Gasteiger partial charge >= 0.3 is 0 Å². The molecule has 0 aliphatic heterocycles. The lowest BCUT2D eigenvalue weighted by molar-refractivity contribution is 0.102. The van der Waals surface area contributed by atoms with Crippen molar-refractivity contribution in [3.63, 3.8) is 0 Å². The summed E-state index contributed by atoms with van der Waals surface area (Å²) in [5.41, 5.74) is 2.14. The van der Waals surface area contributed by atoms with Crippen molar-refractivity contribution in [2.75, 3.05) is 19.0 Å². The molecule has 0 saturated carbocycles. The quantitative estimate of drug-likeness (QED) is 0.784. The topological polar surface area (TPSA) is 47.6 Å². The summed E-state index contributed by atoms with van der Waals surface area (Å²) in [5.74, 6) is 1.21. The average Bonchev–Trinajstić information content (AvgIpc) is 2.57. The highest BCUT2D eigenvalue weighted by Crippen LogP contribution is 2.25. The second-order valence-corrected chi connectivity index (χ2v) is 4.90. The summed E-state index contributed by atoms with van der Waals surface area (Å²) in [6, 6.07) is 12.7. The summed E-state index contributed by atoms with van der Waals surface area (Å²) >= 11 is 0. The minimum Gasteiger partial charge on any atom is -0.496 e. The van der Waals surface area contributed by atoms with E-state index in [1.54, 1.807) is 25.3 Å². The number of carbonyl (C=O) groups is 1. The molecule has 1 amide bonds. The highest BCUT2D eigenvalue weighted by Gasteiger charge is 2.12. The zero-order valence-electron chi connectivity index (χ0n) is 13.5. The second-order valence-electron chi connectivity index (χ2n) is 4.90. The van der Waals surface area contributed by atoms with E-state index in [1.165, 1.54) is 0 Å². The number of hydrogen-bond donors (Lipinski definition) is 1. The van der Waals surface area contributed by atoms with Crippen molar-refractivity contribution in [3.8, 4) is 11.5 Å². The van der Waals surface area contributed by atoms with Gasteiger partial charge in [-0.05, 0) is 49.2 Å². The van der Waals surface area contributed by atoms with Crippen LogP contribution in [0.4, 0.5) is 5.69 Å². The van der Waals surface area contributed by atoms with Gasteiger partial charge in [0.05, 0.1) is 19.4 Å². The van der Waals surface area contributed by atoms with Gasteiger partial charge < -0.3 is 14.8 Å². The van der Waals surface area contributed by atoms with Gasteiger partial charge in [0.2, 0.25) is 0 Å². The summed E-state index contributed by atoms with van der Waals surface area (Å²) < 4.78 is 10.8. The van der Waals surface area contributed by atoms with E-state index in [1.807, 2.05) is 37.3 Å². The summed E-state index contributed by atoms with van der Waals surface area (Å²) in [5, 5.41) is 2.89. The van der Waals surface area contributed by atoms with Crippen LogP contribution in [0.3, 0.4) is 0 Å². The molecule has 0 aliphatic rings. The minimum absolute atomic E-state index is 0.190. The van der Waals surface area contributed by atoms with Gasteiger partial charge in [0, 0.05) is 5.56 Å². The number of ether oxygens (including phenoxy) is 2. The normalized spacial score (nSPS) is 10.0. The number of carbonyl (C=O) groups excluding carboxylic acids is 1. The minimum atomic E-state index is -0.190. The van der Waals surface area contributed by atoms with Gasteiger partial charge in [0.1, 0.15) is 11.5 Å². The number of rotatable bonds is 7. The van der Waals surface area contributed by atoms with Crippen LogP contribution < -0.4 is 14.8 Å². The number of methoxy groups -OCH3 is 1. The lowest BCUT2D eigenvalue weighted by Gasteiger charge is -2.12. The predicted octanol–water partition coefficient (Wildman–Crippen LogP) is 4.07. The lowest BCUT2D eigenvalue weighted by atomic mass is 10.1. The van der Waals surface area contributed by atoms with Gasteiger partial charge in [0.15, 0.2) is 0 Å². The van der Waals surface area contributed by atoms with Crippen molar-refractivity contribution < 1.29 is 14.3 Å². The highest BCUT2D eigenvalue weighted by atomic mass is 16.5. The Labute approximate surface area is 136 Å². The molecule has 0 unspecified atom stereocenters. The molecule has 4 heteroatoms. The average molecular weight is 311 g/mol. The van der Waals surface area contributed by atoms with E-state index in [0.717, 1.165) is 11.3 Å². The highest BCUT2D eigenvalue weighted by molar-refractivity contribution is 6.05. The molecule has 2 rings (SSSR count). The Balaban J connectivity index is 2.24. The fourth-order valence-electron chi connectivity index (χ4n) is 2.28. The molecular weight excluding hydrogens is 290 g/mol. The lowest BCUT2D eigenvalue weighted by Crippen LogP contribution is -2.13. The maximum Gasteiger partial charge on any atom is 0.255 e. The van der Waals surface area contributed by atoms with Crippen molar-refractivity contribution in [3.05, 3.63) is 66.2 Å². The molecular formula is C19H21NO3. The largest absolute Gasteiger partial charge is 0.496 e. The van der Waals surface area contributed by atoms with Crippen LogP contribution in [-0.4, -0.2) is 19.6 Å². The molecule has 1 N–H and O–H groups in total. The Morgan fingerprint density at radius 1 is 1.22 bits per heavy atom. The van der Waals surface area contributed by atoms with Crippen molar-refractivity contribution in [1.82, 2.24) is 0 Å². The first-order valence-corrected chi connectivity index (χ1v) is 7.50. The number of allylic oxidation sites excluding steroid dienone is 1. The van der Waals surface area contributed by atoms with Crippen LogP contribution in [-0.2, 0) is 6.42 Å². The third-order valence-electron chi connectivity index (χ3n) is 3.34. The monoisotopic (exact) mass is 311 g/mol. The zero-order valence-corrected chi connectivity index (χ0v) is 13.5. The molecule has 23 heavy (non-hydrogen) atoms. The Hall–Kier alpha value is -2.75. The zero-order chi connectivity index (χ0) is 16.7.